The third kappa shape index (κ3) is 4.22. The highest BCUT2D eigenvalue weighted by molar-refractivity contribution is 6.30. The number of carbonyl (C=O) groups is 2. The summed E-state index contributed by atoms with van der Waals surface area (Å²) in [4.78, 5) is 25.3. The molecule has 7 heteroatoms. The molecule has 1 N–H and O–H groups in total. The quantitative estimate of drug-likeness (QED) is 0.657. The first kappa shape index (κ1) is 20.2. The molecule has 1 aliphatic heterocycles. The van der Waals surface area contributed by atoms with Crippen LogP contribution in [0.3, 0.4) is 0 Å². The Balaban J connectivity index is 1.23. The van der Waals surface area contributed by atoms with Gasteiger partial charge in [0.25, 0.3) is 5.91 Å². The Morgan fingerprint density at radius 2 is 2.00 bits per heavy atom. The smallest absolute Gasteiger partial charge is 0.306 e. The lowest BCUT2D eigenvalue weighted by Gasteiger charge is -2.24. The Bertz CT molecular complexity index is 986. The maximum absolute atomic E-state index is 12.9. The molecule has 2 aromatic rings. The lowest BCUT2D eigenvalue weighted by molar-refractivity contribution is -0.154. The van der Waals surface area contributed by atoms with Crippen LogP contribution in [-0.2, 0) is 14.3 Å². The molecule has 31 heavy (non-hydrogen) atoms. The summed E-state index contributed by atoms with van der Waals surface area (Å²) >= 11 is 5.99. The second-order valence-electron chi connectivity index (χ2n) is 8.72. The van der Waals surface area contributed by atoms with Crippen molar-refractivity contribution < 1.29 is 18.7 Å². The topological polar surface area (TPSA) is 71.8 Å². The molecule has 2 fully saturated rings. The Morgan fingerprint density at radius 1 is 1.16 bits per heavy atom. The molecule has 0 radical (unpaired) electrons. The fourth-order valence-electron chi connectivity index (χ4n) is 5.26. The van der Waals surface area contributed by atoms with Gasteiger partial charge >= 0.3 is 5.97 Å². The van der Waals surface area contributed by atoms with Crippen LogP contribution in [0.5, 0.6) is 0 Å². The molecule has 162 valence electrons. The fraction of sp³-hybridized carbons (Fsp3) is 0.417. The number of benzene rings is 1. The van der Waals surface area contributed by atoms with E-state index < -0.39 is 6.04 Å². The molecule has 1 aromatic carbocycles. The van der Waals surface area contributed by atoms with Gasteiger partial charge in [-0.25, -0.2) is 5.01 Å². The zero-order valence-corrected chi connectivity index (χ0v) is 17.9. The van der Waals surface area contributed by atoms with Gasteiger partial charge in [-0.2, -0.15) is 0 Å². The van der Waals surface area contributed by atoms with Crippen molar-refractivity contribution in [2.24, 2.45) is 17.8 Å². The summed E-state index contributed by atoms with van der Waals surface area (Å²) in [5.41, 5.74) is 4.79. The largest absolute Gasteiger partial charge is 0.467 e. The Hall–Kier alpha value is -2.73. The van der Waals surface area contributed by atoms with E-state index in [2.05, 4.69) is 5.43 Å². The van der Waals surface area contributed by atoms with E-state index in [0.717, 1.165) is 23.6 Å². The number of ether oxygens (including phenoxy) is 1. The fourth-order valence-corrected chi connectivity index (χ4v) is 5.38. The van der Waals surface area contributed by atoms with E-state index in [0.29, 0.717) is 29.0 Å². The van der Waals surface area contributed by atoms with Crippen LogP contribution in [0.25, 0.3) is 5.70 Å². The van der Waals surface area contributed by atoms with Crippen LogP contribution in [0, 0.1) is 17.8 Å². The minimum Gasteiger partial charge on any atom is -0.467 e. The predicted octanol–water partition coefficient (Wildman–Crippen LogP) is 4.73. The lowest BCUT2D eigenvalue weighted by atomic mass is 9.86. The van der Waals surface area contributed by atoms with Gasteiger partial charge in [-0.05, 0) is 72.9 Å². The first-order valence-electron chi connectivity index (χ1n) is 10.8. The van der Waals surface area contributed by atoms with Crippen molar-refractivity contribution in [1.29, 1.82) is 0 Å². The van der Waals surface area contributed by atoms with Crippen LogP contribution in [0.2, 0.25) is 5.02 Å². The molecule has 0 spiro atoms. The molecule has 2 heterocycles. The van der Waals surface area contributed by atoms with E-state index >= 15 is 0 Å². The molecule has 6 nitrogen and oxygen atoms in total. The van der Waals surface area contributed by atoms with Gasteiger partial charge in [0.1, 0.15) is 11.8 Å². The van der Waals surface area contributed by atoms with Gasteiger partial charge < -0.3 is 9.15 Å². The van der Waals surface area contributed by atoms with Gasteiger partial charge in [0.15, 0.2) is 6.61 Å². The highest BCUT2D eigenvalue weighted by Crippen LogP contribution is 2.49. The molecule has 1 aromatic heterocycles. The number of hydrogen-bond acceptors (Lipinski definition) is 5. The van der Waals surface area contributed by atoms with Gasteiger partial charge in [-0.3, -0.25) is 15.0 Å². The number of halogens is 1. The summed E-state index contributed by atoms with van der Waals surface area (Å²) in [5.74, 6) is 1.86. The second kappa shape index (κ2) is 8.42. The number of amides is 1. The number of fused-ring (bicyclic) bond motifs is 2. The molecule has 5 rings (SSSR count). The zero-order chi connectivity index (χ0) is 21.4. The van der Waals surface area contributed by atoms with Crippen molar-refractivity contribution in [3.05, 3.63) is 65.1 Å². The van der Waals surface area contributed by atoms with Crippen molar-refractivity contribution >= 4 is 29.2 Å². The molecule has 2 aliphatic carbocycles. The van der Waals surface area contributed by atoms with Crippen molar-refractivity contribution in [2.45, 2.75) is 38.1 Å². The van der Waals surface area contributed by atoms with Gasteiger partial charge in [-0.1, -0.05) is 30.2 Å². The summed E-state index contributed by atoms with van der Waals surface area (Å²) in [6, 6.07) is 10.5. The SMILES string of the molecule is O=C(C[C@@H]1C[C@@H]2CC[C@H]1C2)OCC(=O)N1NC(c2ccc(Cl)cc2)=C[C@@H]1c1ccco1. The van der Waals surface area contributed by atoms with Crippen LogP contribution in [0.4, 0.5) is 0 Å². The predicted molar refractivity (Wildman–Crippen MR) is 115 cm³/mol. The van der Waals surface area contributed by atoms with Crippen LogP contribution < -0.4 is 5.43 Å². The minimum absolute atomic E-state index is 0.287. The van der Waals surface area contributed by atoms with Crippen LogP contribution in [0.1, 0.15) is 49.5 Å². The minimum atomic E-state index is -0.433. The Labute approximate surface area is 186 Å². The molecule has 2 bridgehead atoms. The van der Waals surface area contributed by atoms with E-state index in [-0.39, 0.29) is 18.5 Å². The Morgan fingerprint density at radius 3 is 2.68 bits per heavy atom. The maximum atomic E-state index is 12.9. The van der Waals surface area contributed by atoms with Gasteiger partial charge in [0.05, 0.1) is 12.0 Å². The van der Waals surface area contributed by atoms with Gasteiger partial charge in [0, 0.05) is 11.4 Å². The zero-order valence-electron chi connectivity index (χ0n) is 17.1. The van der Waals surface area contributed by atoms with Crippen molar-refractivity contribution in [3.8, 4) is 0 Å². The molecular weight excluding hydrogens is 416 g/mol. The normalized spacial score (nSPS) is 26.6. The van der Waals surface area contributed by atoms with Gasteiger partial charge in [-0.15, -0.1) is 0 Å². The first-order valence-corrected chi connectivity index (χ1v) is 11.2. The van der Waals surface area contributed by atoms with Crippen LogP contribution in [-0.4, -0.2) is 23.5 Å². The third-order valence-electron chi connectivity index (χ3n) is 6.77. The maximum Gasteiger partial charge on any atom is 0.306 e. The van der Waals surface area contributed by atoms with E-state index in [1.54, 1.807) is 24.5 Å². The molecule has 2 saturated carbocycles. The number of nitrogens with zero attached hydrogens (tertiary/aromatic N) is 1. The van der Waals surface area contributed by atoms with Crippen LogP contribution in [0.15, 0.2) is 53.2 Å². The molecule has 0 saturated heterocycles. The summed E-state index contributed by atoms with van der Waals surface area (Å²) in [5, 5.41) is 2.09. The van der Waals surface area contributed by atoms with E-state index in [4.69, 9.17) is 20.8 Å². The molecular formula is C24H25ClN2O4. The number of hydrazine groups is 1. The Kier molecular flexibility index (Phi) is 5.48. The average Bonchev–Trinajstić information content (AvgIpc) is 3.56. The molecule has 0 unspecified atom stereocenters. The van der Waals surface area contributed by atoms with E-state index in [1.807, 2.05) is 24.3 Å². The first-order chi connectivity index (χ1) is 15.1. The van der Waals surface area contributed by atoms with E-state index in [1.165, 1.54) is 24.3 Å². The number of hydrogen-bond donors (Lipinski definition) is 1. The number of nitrogens with one attached hydrogen (secondary N) is 1. The number of furan rings is 1. The second-order valence-corrected chi connectivity index (χ2v) is 9.16. The summed E-state index contributed by atoms with van der Waals surface area (Å²) in [6.07, 6.45) is 8.79. The average molecular weight is 441 g/mol. The number of carbonyl (C=O) groups excluding carboxylic acids is 2. The number of esters is 1. The summed E-state index contributed by atoms with van der Waals surface area (Å²) in [7, 11) is 0. The molecule has 4 atom stereocenters. The highest BCUT2D eigenvalue weighted by atomic mass is 35.5. The summed E-state index contributed by atoms with van der Waals surface area (Å²) in [6.45, 7) is -0.300. The lowest BCUT2D eigenvalue weighted by Crippen LogP contribution is -2.42. The highest BCUT2D eigenvalue weighted by Gasteiger charge is 2.40. The van der Waals surface area contributed by atoms with Crippen molar-refractivity contribution in [3.63, 3.8) is 0 Å². The standard InChI is InChI=1S/C24H25ClN2O4/c25-19-7-5-16(6-8-19)20-13-21(22-2-1-9-30-22)27(26-20)23(28)14-31-24(29)12-18-11-15-3-4-17(18)10-15/h1-2,5-9,13,15,17-18,21,26H,3-4,10-12,14H2/t15-,17+,18+,21-/m1/s1. The molecule has 3 aliphatic rings. The van der Waals surface area contributed by atoms with E-state index in [9.17, 15) is 9.59 Å². The van der Waals surface area contributed by atoms with Gasteiger partial charge in [0.2, 0.25) is 0 Å². The summed E-state index contributed by atoms with van der Waals surface area (Å²) < 4.78 is 10.9. The van der Waals surface area contributed by atoms with Crippen molar-refractivity contribution in [2.75, 3.05) is 6.61 Å². The number of rotatable bonds is 6. The van der Waals surface area contributed by atoms with Crippen molar-refractivity contribution in [1.82, 2.24) is 10.4 Å². The monoisotopic (exact) mass is 440 g/mol. The third-order valence-corrected chi connectivity index (χ3v) is 7.02. The van der Waals surface area contributed by atoms with Crippen LogP contribution >= 0.6 is 11.6 Å². The molecule has 1 amide bonds.